The lowest BCUT2D eigenvalue weighted by molar-refractivity contribution is 0.142. The predicted octanol–water partition coefficient (Wildman–Crippen LogP) is 2.50. The first-order valence-electron chi connectivity index (χ1n) is 6.05. The molecule has 0 unspecified atom stereocenters. The molecule has 0 heterocycles. The van der Waals surface area contributed by atoms with E-state index in [1.807, 2.05) is 0 Å². The van der Waals surface area contributed by atoms with Gasteiger partial charge >= 0.3 is 0 Å². The molecule has 1 fully saturated rings. The standard InChI is InChI=1S/C14H21NO/c1-16-10-13-6-3-2-5-12(13)9-14(11-15)7-4-8-14/h2-3,5-6H,4,7-11,15H2,1H3. The lowest BCUT2D eigenvalue weighted by Gasteiger charge is -2.41. The number of methoxy groups -OCH3 is 1. The summed E-state index contributed by atoms with van der Waals surface area (Å²) in [6.45, 7) is 1.52. The van der Waals surface area contributed by atoms with Crippen LogP contribution < -0.4 is 5.73 Å². The number of ether oxygens (including phenoxy) is 1. The summed E-state index contributed by atoms with van der Waals surface area (Å²) < 4.78 is 5.24. The molecule has 1 aromatic carbocycles. The summed E-state index contributed by atoms with van der Waals surface area (Å²) in [5.41, 5.74) is 9.01. The SMILES string of the molecule is COCc1ccccc1CC1(CN)CCC1. The molecular formula is C14H21NO. The van der Waals surface area contributed by atoms with Crippen LogP contribution in [0.15, 0.2) is 24.3 Å². The van der Waals surface area contributed by atoms with E-state index in [-0.39, 0.29) is 0 Å². The van der Waals surface area contributed by atoms with Gasteiger partial charge in [-0.25, -0.2) is 0 Å². The van der Waals surface area contributed by atoms with Gasteiger partial charge in [-0.1, -0.05) is 30.7 Å². The molecule has 0 bridgehead atoms. The van der Waals surface area contributed by atoms with Gasteiger partial charge in [0.15, 0.2) is 0 Å². The quantitative estimate of drug-likeness (QED) is 0.826. The minimum absolute atomic E-state index is 0.379. The van der Waals surface area contributed by atoms with E-state index < -0.39 is 0 Å². The Labute approximate surface area is 97.8 Å². The van der Waals surface area contributed by atoms with Gasteiger partial charge in [-0.3, -0.25) is 0 Å². The van der Waals surface area contributed by atoms with Gasteiger partial charge in [0.1, 0.15) is 0 Å². The number of nitrogens with two attached hydrogens (primary N) is 1. The average molecular weight is 219 g/mol. The Morgan fingerprint density at radius 2 is 1.94 bits per heavy atom. The molecule has 0 radical (unpaired) electrons. The van der Waals surface area contributed by atoms with Crippen molar-refractivity contribution in [1.82, 2.24) is 0 Å². The third-order valence-corrected chi connectivity index (χ3v) is 3.83. The summed E-state index contributed by atoms with van der Waals surface area (Å²) in [5, 5.41) is 0. The molecular weight excluding hydrogens is 198 g/mol. The fourth-order valence-corrected chi connectivity index (χ4v) is 2.56. The minimum atomic E-state index is 0.379. The minimum Gasteiger partial charge on any atom is -0.380 e. The Morgan fingerprint density at radius 3 is 2.44 bits per heavy atom. The maximum Gasteiger partial charge on any atom is 0.0715 e. The van der Waals surface area contributed by atoms with Gasteiger partial charge in [0, 0.05) is 7.11 Å². The number of benzene rings is 1. The first kappa shape index (κ1) is 11.6. The maximum atomic E-state index is 5.91. The smallest absolute Gasteiger partial charge is 0.0715 e. The number of hydrogen-bond acceptors (Lipinski definition) is 2. The summed E-state index contributed by atoms with van der Waals surface area (Å²) in [4.78, 5) is 0. The molecule has 1 aliphatic carbocycles. The van der Waals surface area contributed by atoms with E-state index in [1.165, 1.54) is 30.4 Å². The van der Waals surface area contributed by atoms with Crippen molar-refractivity contribution in [1.29, 1.82) is 0 Å². The Balaban J connectivity index is 2.13. The van der Waals surface area contributed by atoms with Gasteiger partial charge in [0.2, 0.25) is 0 Å². The van der Waals surface area contributed by atoms with Crippen LogP contribution in [0.5, 0.6) is 0 Å². The van der Waals surface area contributed by atoms with Crippen LogP contribution in [0.4, 0.5) is 0 Å². The first-order valence-corrected chi connectivity index (χ1v) is 6.05. The Bertz CT molecular complexity index is 339. The topological polar surface area (TPSA) is 35.2 Å². The van der Waals surface area contributed by atoms with Crippen molar-refractivity contribution in [2.75, 3.05) is 13.7 Å². The molecule has 0 spiro atoms. The van der Waals surface area contributed by atoms with Gasteiger partial charge in [-0.05, 0) is 42.3 Å². The highest BCUT2D eigenvalue weighted by Gasteiger charge is 2.35. The monoisotopic (exact) mass is 219 g/mol. The van der Waals surface area contributed by atoms with E-state index >= 15 is 0 Å². The Morgan fingerprint density at radius 1 is 1.25 bits per heavy atom. The maximum absolute atomic E-state index is 5.91. The summed E-state index contributed by atoms with van der Waals surface area (Å²) in [6, 6.07) is 8.55. The van der Waals surface area contributed by atoms with Crippen LogP contribution in [0.1, 0.15) is 30.4 Å². The van der Waals surface area contributed by atoms with Crippen molar-refractivity contribution in [2.24, 2.45) is 11.1 Å². The molecule has 2 N–H and O–H groups in total. The van der Waals surface area contributed by atoms with E-state index in [1.54, 1.807) is 7.11 Å². The van der Waals surface area contributed by atoms with E-state index in [0.29, 0.717) is 12.0 Å². The van der Waals surface area contributed by atoms with Crippen molar-refractivity contribution in [2.45, 2.75) is 32.3 Å². The molecule has 0 aliphatic heterocycles. The van der Waals surface area contributed by atoms with Gasteiger partial charge in [-0.15, -0.1) is 0 Å². The molecule has 1 aliphatic rings. The third kappa shape index (κ3) is 2.28. The highest BCUT2D eigenvalue weighted by atomic mass is 16.5. The van der Waals surface area contributed by atoms with Crippen molar-refractivity contribution in [3.8, 4) is 0 Å². The zero-order valence-electron chi connectivity index (χ0n) is 10.0. The highest BCUT2D eigenvalue weighted by Crippen LogP contribution is 2.43. The summed E-state index contributed by atoms with van der Waals surface area (Å²) in [6.07, 6.45) is 5.02. The van der Waals surface area contributed by atoms with E-state index in [2.05, 4.69) is 24.3 Å². The van der Waals surface area contributed by atoms with Gasteiger partial charge in [0.25, 0.3) is 0 Å². The first-order chi connectivity index (χ1) is 7.79. The molecule has 16 heavy (non-hydrogen) atoms. The van der Waals surface area contributed by atoms with Gasteiger partial charge in [0.05, 0.1) is 6.61 Å². The fraction of sp³-hybridized carbons (Fsp3) is 0.571. The van der Waals surface area contributed by atoms with Crippen LogP contribution in [0.3, 0.4) is 0 Å². The normalized spacial score (nSPS) is 18.1. The van der Waals surface area contributed by atoms with Crippen LogP contribution in [0, 0.1) is 5.41 Å². The number of rotatable bonds is 5. The van der Waals surface area contributed by atoms with E-state index in [4.69, 9.17) is 10.5 Å². The zero-order valence-corrected chi connectivity index (χ0v) is 10.0. The summed E-state index contributed by atoms with van der Waals surface area (Å²) >= 11 is 0. The zero-order chi connectivity index (χ0) is 11.4. The Hall–Kier alpha value is -0.860. The van der Waals surface area contributed by atoms with Crippen molar-refractivity contribution in [3.05, 3.63) is 35.4 Å². The molecule has 88 valence electrons. The molecule has 1 saturated carbocycles. The average Bonchev–Trinajstić information content (AvgIpc) is 2.26. The third-order valence-electron chi connectivity index (χ3n) is 3.83. The van der Waals surface area contributed by atoms with Gasteiger partial charge < -0.3 is 10.5 Å². The molecule has 2 heteroatoms. The molecule has 0 atom stereocenters. The molecule has 1 aromatic rings. The van der Waals surface area contributed by atoms with Crippen molar-refractivity contribution < 1.29 is 4.74 Å². The van der Waals surface area contributed by atoms with Crippen LogP contribution in [-0.2, 0) is 17.8 Å². The molecule has 0 aromatic heterocycles. The molecule has 0 saturated heterocycles. The number of hydrogen-bond donors (Lipinski definition) is 1. The predicted molar refractivity (Wildman–Crippen MR) is 66.2 cm³/mol. The van der Waals surface area contributed by atoms with Crippen LogP contribution >= 0.6 is 0 Å². The van der Waals surface area contributed by atoms with Crippen molar-refractivity contribution in [3.63, 3.8) is 0 Å². The summed E-state index contributed by atoms with van der Waals surface area (Å²) in [5.74, 6) is 0. The van der Waals surface area contributed by atoms with Crippen LogP contribution in [0.25, 0.3) is 0 Å². The molecule has 0 amide bonds. The van der Waals surface area contributed by atoms with E-state index in [9.17, 15) is 0 Å². The second kappa shape index (κ2) is 4.98. The second-order valence-corrected chi connectivity index (χ2v) is 4.94. The lowest BCUT2D eigenvalue weighted by atomic mass is 9.65. The highest BCUT2D eigenvalue weighted by molar-refractivity contribution is 5.28. The van der Waals surface area contributed by atoms with Crippen LogP contribution in [-0.4, -0.2) is 13.7 Å². The van der Waals surface area contributed by atoms with E-state index in [0.717, 1.165) is 13.0 Å². The molecule has 2 nitrogen and oxygen atoms in total. The summed E-state index contributed by atoms with van der Waals surface area (Å²) in [7, 11) is 1.75. The van der Waals surface area contributed by atoms with Gasteiger partial charge in [-0.2, -0.15) is 0 Å². The largest absolute Gasteiger partial charge is 0.380 e. The Kier molecular flexibility index (Phi) is 3.62. The molecule has 2 rings (SSSR count). The van der Waals surface area contributed by atoms with Crippen molar-refractivity contribution >= 4 is 0 Å². The lowest BCUT2D eigenvalue weighted by Crippen LogP contribution is -2.39. The fourth-order valence-electron chi connectivity index (χ4n) is 2.56. The second-order valence-electron chi connectivity index (χ2n) is 4.94. The van der Waals surface area contributed by atoms with Crippen LogP contribution in [0.2, 0.25) is 0 Å².